The van der Waals surface area contributed by atoms with E-state index in [9.17, 15) is 12.8 Å². The first-order valence-electron chi connectivity index (χ1n) is 7.73. The smallest absolute Gasteiger partial charge is 0.244 e. The Labute approximate surface area is 129 Å². The van der Waals surface area contributed by atoms with Gasteiger partial charge in [-0.2, -0.15) is 4.31 Å². The Morgan fingerprint density at radius 1 is 0.955 bits per heavy atom. The van der Waals surface area contributed by atoms with Crippen molar-refractivity contribution in [1.29, 1.82) is 0 Å². The van der Waals surface area contributed by atoms with Crippen molar-refractivity contribution >= 4 is 20.8 Å². The highest BCUT2D eigenvalue weighted by molar-refractivity contribution is 7.89. The van der Waals surface area contributed by atoms with E-state index in [1.807, 2.05) is 30.3 Å². The van der Waals surface area contributed by atoms with Gasteiger partial charge in [0.25, 0.3) is 0 Å². The van der Waals surface area contributed by atoms with Crippen LogP contribution in [0.4, 0.5) is 4.39 Å². The zero-order chi connectivity index (χ0) is 15.3. The molecular formula is C17H18FNO2S. The number of fused-ring (bicyclic) bond motifs is 3. The van der Waals surface area contributed by atoms with E-state index < -0.39 is 16.2 Å². The maximum Gasteiger partial charge on any atom is 0.244 e. The van der Waals surface area contributed by atoms with Gasteiger partial charge >= 0.3 is 0 Å². The summed E-state index contributed by atoms with van der Waals surface area (Å²) >= 11 is 0. The number of hydrogen-bond acceptors (Lipinski definition) is 2. The van der Waals surface area contributed by atoms with Crippen molar-refractivity contribution in [3.63, 3.8) is 0 Å². The van der Waals surface area contributed by atoms with Gasteiger partial charge in [-0.3, -0.25) is 0 Å². The standard InChI is InChI=1S/C17H18FNO2S/c18-13-10-14-8-9-15(11-13)19(14)22(20,21)17-7-3-5-12-4-1-2-6-16(12)17/h1-7,13-15H,8-11H2. The molecule has 2 bridgehead atoms. The van der Waals surface area contributed by atoms with Crippen molar-refractivity contribution in [3.8, 4) is 0 Å². The molecule has 0 aromatic heterocycles. The second-order valence-electron chi connectivity index (χ2n) is 6.27. The first-order chi connectivity index (χ1) is 10.6. The van der Waals surface area contributed by atoms with Crippen LogP contribution < -0.4 is 0 Å². The zero-order valence-electron chi connectivity index (χ0n) is 12.2. The van der Waals surface area contributed by atoms with E-state index in [0.29, 0.717) is 17.7 Å². The minimum Gasteiger partial charge on any atom is -0.247 e. The van der Waals surface area contributed by atoms with Crippen LogP contribution in [0.15, 0.2) is 47.4 Å². The molecule has 4 rings (SSSR count). The van der Waals surface area contributed by atoms with Crippen LogP contribution in [0, 0.1) is 0 Å². The Morgan fingerprint density at radius 2 is 1.59 bits per heavy atom. The molecule has 22 heavy (non-hydrogen) atoms. The number of sulfonamides is 1. The van der Waals surface area contributed by atoms with Crippen LogP contribution in [0.5, 0.6) is 0 Å². The highest BCUT2D eigenvalue weighted by atomic mass is 32.2. The fourth-order valence-electron chi connectivity index (χ4n) is 3.99. The van der Waals surface area contributed by atoms with Gasteiger partial charge in [-0.1, -0.05) is 36.4 Å². The number of hydrogen-bond donors (Lipinski definition) is 0. The Kier molecular flexibility index (Phi) is 3.24. The number of alkyl halides is 1. The predicted molar refractivity (Wildman–Crippen MR) is 83.9 cm³/mol. The molecule has 2 aromatic carbocycles. The molecule has 0 N–H and O–H groups in total. The number of piperidine rings is 1. The first-order valence-corrected chi connectivity index (χ1v) is 9.17. The number of rotatable bonds is 2. The fourth-order valence-corrected chi connectivity index (χ4v) is 6.10. The van der Waals surface area contributed by atoms with E-state index in [2.05, 4.69) is 0 Å². The molecule has 2 unspecified atom stereocenters. The van der Waals surface area contributed by atoms with Gasteiger partial charge in [-0.25, -0.2) is 12.8 Å². The van der Waals surface area contributed by atoms with Gasteiger partial charge in [-0.05, 0) is 37.1 Å². The third-order valence-electron chi connectivity index (χ3n) is 4.91. The average Bonchev–Trinajstić information content (AvgIpc) is 2.80. The lowest BCUT2D eigenvalue weighted by molar-refractivity contribution is 0.150. The van der Waals surface area contributed by atoms with Gasteiger partial charge in [0.2, 0.25) is 10.0 Å². The molecule has 2 heterocycles. The summed E-state index contributed by atoms with van der Waals surface area (Å²) < 4.78 is 41.7. The number of benzene rings is 2. The number of halogens is 1. The highest BCUT2D eigenvalue weighted by Crippen LogP contribution is 2.41. The van der Waals surface area contributed by atoms with Crippen LogP contribution in [-0.4, -0.2) is 31.0 Å². The van der Waals surface area contributed by atoms with Gasteiger partial charge < -0.3 is 0 Å². The summed E-state index contributed by atoms with van der Waals surface area (Å²) in [4.78, 5) is 0.347. The lowest BCUT2D eigenvalue weighted by atomic mass is 10.0. The van der Waals surface area contributed by atoms with E-state index in [4.69, 9.17) is 0 Å². The molecular weight excluding hydrogens is 301 g/mol. The van der Waals surface area contributed by atoms with Gasteiger partial charge in [0, 0.05) is 17.5 Å². The lowest BCUT2D eigenvalue weighted by Gasteiger charge is -2.35. The Morgan fingerprint density at radius 3 is 2.32 bits per heavy atom. The van der Waals surface area contributed by atoms with E-state index in [-0.39, 0.29) is 12.1 Å². The Balaban J connectivity index is 1.84. The van der Waals surface area contributed by atoms with E-state index in [0.717, 1.165) is 23.6 Å². The van der Waals surface area contributed by atoms with E-state index in [1.54, 1.807) is 16.4 Å². The first kappa shape index (κ1) is 14.2. The third-order valence-corrected chi connectivity index (χ3v) is 6.98. The topological polar surface area (TPSA) is 37.4 Å². The normalized spacial score (nSPS) is 29.0. The second-order valence-corrected chi connectivity index (χ2v) is 8.08. The van der Waals surface area contributed by atoms with Crippen LogP contribution in [0.2, 0.25) is 0 Å². The van der Waals surface area contributed by atoms with Crippen molar-refractivity contribution in [1.82, 2.24) is 4.31 Å². The molecule has 2 aliphatic heterocycles. The molecule has 2 aliphatic rings. The van der Waals surface area contributed by atoms with Crippen LogP contribution in [0.1, 0.15) is 25.7 Å². The van der Waals surface area contributed by atoms with Crippen LogP contribution in [0.25, 0.3) is 10.8 Å². The molecule has 0 radical (unpaired) electrons. The summed E-state index contributed by atoms with van der Waals surface area (Å²) in [5.41, 5.74) is 0. The monoisotopic (exact) mass is 319 g/mol. The SMILES string of the molecule is O=S(=O)(c1cccc2ccccc12)N1C2CCC1CC(F)C2. The van der Waals surface area contributed by atoms with Crippen molar-refractivity contribution in [2.45, 2.75) is 48.8 Å². The molecule has 0 saturated carbocycles. The fraction of sp³-hybridized carbons (Fsp3) is 0.412. The molecule has 2 fully saturated rings. The molecule has 2 aromatic rings. The maximum atomic E-state index is 13.7. The molecule has 5 heteroatoms. The van der Waals surface area contributed by atoms with Gasteiger partial charge in [0.15, 0.2) is 0 Å². The minimum atomic E-state index is -3.58. The summed E-state index contributed by atoms with van der Waals surface area (Å²) in [6, 6.07) is 12.5. The second kappa shape index (κ2) is 5.03. The van der Waals surface area contributed by atoms with Gasteiger partial charge in [0.05, 0.1) is 4.90 Å². The number of nitrogens with zero attached hydrogens (tertiary/aromatic N) is 1. The summed E-state index contributed by atoms with van der Waals surface area (Å²) in [6.07, 6.45) is 1.35. The predicted octanol–water partition coefficient (Wildman–Crippen LogP) is 3.49. The summed E-state index contributed by atoms with van der Waals surface area (Å²) in [6.45, 7) is 0. The quantitative estimate of drug-likeness (QED) is 0.849. The molecule has 116 valence electrons. The van der Waals surface area contributed by atoms with Gasteiger partial charge in [-0.15, -0.1) is 0 Å². The van der Waals surface area contributed by atoms with Crippen LogP contribution in [0.3, 0.4) is 0 Å². The van der Waals surface area contributed by atoms with Gasteiger partial charge in [0.1, 0.15) is 6.17 Å². The van der Waals surface area contributed by atoms with Crippen LogP contribution >= 0.6 is 0 Å². The molecule has 3 nitrogen and oxygen atoms in total. The largest absolute Gasteiger partial charge is 0.247 e. The molecule has 2 saturated heterocycles. The molecule has 0 amide bonds. The van der Waals surface area contributed by atoms with Crippen LogP contribution in [-0.2, 0) is 10.0 Å². The highest BCUT2D eigenvalue weighted by Gasteiger charge is 2.47. The molecule has 2 atom stereocenters. The van der Waals surface area contributed by atoms with E-state index >= 15 is 0 Å². The summed E-state index contributed by atoms with van der Waals surface area (Å²) in [7, 11) is -3.58. The van der Waals surface area contributed by atoms with Crippen molar-refractivity contribution in [2.24, 2.45) is 0 Å². The van der Waals surface area contributed by atoms with Crippen molar-refractivity contribution in [2.75, 3.05) is 0 Å². The lowest BCUT2D eigenvalue weighted by Crippen LogP contribution is -2.47. The Bertz CT molecular complexity index is 801. The average molecular weight is 319 g/mol. The third kappa shape index (κ3) is 2.07. The molecule has 0 spiro atoms. The van der Waals surface area contributed by atoms with Crippen molar-refractivity contribution < 1.29 is 12.8 Å². The zero-order valence-corrected chi connectivity index (χ0v) is 13.0. The van der Waals surface area contributed by atoms with Crippen molar-refractivity contribution in [3.05, 3.63) is 42.5 Å². The molecule has 0 aliphatic carbocycles. The maximum absolute atomic E-state index is 13.7. The summed E-state index contributed by atoms with van der Waals surface area (Å²) in [5.74, 6) is 0. The van der Waals surface area contributed by atoms with E-state index in [1.165, 1.54) is 0 Å². The minimum absolute atomic E-state index is 0.183. The Hall–Kier alpha value is -1.46. The summed E-state index contributed by atoms with van der Waals surface area (Å²) in [5, 5.41) is 1.66.